The van der Waals surface area contributed by atoms with Crippen LogP contribution in [0.1, 0.15) is 111 Å². The molecule has 4 atom stereocenters. The lowest BCUT2D eigenvalue weighted by molar-refractivity contribution is 0.0399. The molecule has 3 fully saturated rings. The van der Waals surface area contributed by atoms with Crippen molar-refractivity contribution < 1.29 is 5.11 Å². The monoisotopic (exact) mass is 362 g/mol. The fourth-order valence-electron chi connectivity index (χ4n) is 6.93. The highest BCUT2D eigenvalue weighted by atomic mass is 16.3. The van der Waals surface area contributed by atoms with E-state index >= 15 is 0 Å². The normalized spacial score (nSPS) is 37.5. The Labute approximate surface area is 163 Å². The van der Waals surface area contributed by atoms with Crippen molar-refractivity contribution >= 4 is 0 Å². The van der Waals surface area contributed by atoms with Gasteiger partial charge in [0.2, 0.25) is 0 Å². The molecule has 1 nitrogen and oxygen atoms in total. The predicted molar refractivity (Wildman–Crippen MR) is 112 cm³/mol. The predicted octanol–water partition coefficient (Wildman–Crippen LogP) is 7.22. The second kappa shape index (κ2) is 9.94. The molecule has 0 aromatic carbocycles. The van der Waals surface area contributed by atoms with Gasteiger partial charge in [0, 0.05) is 0 Å². The molecular formula is C25H46O. The van der Waals surface area contributed by atoms with Gasteiger partial charge in [-0.15, -0.1) is 0 Å². The van der Waals surface area contributed by atoms with E-state index in [1.807, 2.05) is 0 Å². The van der Waals surface area contributed by atoms with Gasteiger partial charge < -0.3 is 5.11 Å². The molecule has 0 aromatic rings. The van der Waals surface area contributed by atoms with Crippen LogP contribution < -0.4 is 0 Å². The lowest BCUT2D eigenvalue weighted by Gasteiger charge is -2.34. The molecule has 3 rings (SSSR count). The maximum Gasteiger partial charge on any atom is 0.0573 e. The first-order valence-corrected chi connectivity index (χ1v) is 12.2. The van der Waals surface area contributed by atoms with Gasteiger partial charge in [0.25, 0.3) is 0 Å². The van der Waals surface area contributed by atoms with Crippen molar-refractivity contribution in [3.8, 4) is 0 Å². The number of hydrogen-bond donors (Lipinski definition) is 1. The van der Waals surface area contributed by atoms with E-state index in [9.17, 15) is 5.11 Å². The van der Waals surface area contributed by atoms with Gasteiger partial charge >= 0.3 is 0 Å². The van der Waals surface area contributed by atoms with Crippen LogP contribution in [-0.4, -0.2) is 11.2 Å². The molecule has 3 saturated carbocycles. The van der Waals surface area contributed by atoms with Gasteiger partial charge in [-0.25, -0.2) is 0 Å². The van der Waals surface area contributed by atoms with Crippen LogP contribution in [0.4, 0.5) is 0 Å². The van der Waals surface area contributed by atoms with E-state index in [0.717, 1.165) is 41.9 Å². The van der Waals surface area contributed by atoms with Gasteiger partial charge in [0.15, 0.2) is 0 Å². The lowest BCUT2D eigenvalue weighted by atomic mass is 9.73. The molecule has 0 radical (unpaired) electrons. The zero-order chi connectivity index (χ0) is 18.5. The summed E-state index contributed by atoms with van der Waals surface area (Å²) >= 11 is 0. The summed E-state index contributed by atoms with van der Waals surface area (Å²) < 4.78 is 0. The number of rotatable bonds is 8. The first-order chi connectivity index (χ1) is 12.6. The average molecular weight is 363 g/mol. The van der Waals surface area contributed by atoms with Crippen molar-refractivity contribution in [1.29, 1.82) is 0 Å². The van der Waals surface area contributed by atoms with Crippen LogP contribution >= 0.6 is 0 Å². The summed E-state index contributed by atoms with van der Waals surface area (Å²) in [6.07, 6.45) is 19.5. The molecule has 3 aliphatic carbocycles. The molecule has 2 unspecified atom stereocenters. The summed E-state index contributed by atoms with van der Waals surface area (Å²) in [4.78, 5) is 0. The molecule has 152 valence electrons. The standard InChI is InChI=1S/C25H46O/c1-4-19-9-11-21(12-10-19)17-25(26)23-14-13-22(24(23)15-18(2)3)16-20-7-5-6-8-20/h18-26H,4-17H2,1-3H3/t19?,21?,22-,23?,24?,25-/m0/s1. The molecule has 0 saturated heterocycles. The SMILES string of the molecule is CCC1CCC(C[C@H](O)C2CC[C@@H](CC3CCCC3)C2CC(C)C)CC1. The van der Waals surface area contributed by atoms with Crippen LogP contribution in [0.5, 0.6) is 0 Å². The van der Waals surface area contributed by atoms with Crippen molar-refractivity contribution in [3.05, 3.63) is 0 Å². The Morgan fingerprint density at radius 1 is 0.769 bits per heavy atom. The van der Waals surface area contributed by atoms with E-state index in [2.05, 4.69) is 20.8 Å². The average Bonchev–Trinajstić information content (AvgIpc) is 3.26. The van der Waals surface area contributed by atoms with Crippen LogP contribution in [-0.2, 0) is 0 Å². The van der Waals surface area contributed by atoms with E-state index in [4.69, 9.17) is 0 Å². The molecule has 0 heterocycles. The Morgan fingerprint density at radius 2 is 1.42 bits per heavy atom. The minimum Gasteiger partial charge on any atom is -0.393 e. The summed E-state index contributed by atoms with van der Waals surface area (Å²) in [5.41, 5.74) is 0. The molecule has 0 spiro atoms. The van der Waals surface area contributed by atoms with Crippen LogP contribution in [0.15, 0.2) is 0 Å². The van der Waals surface area contributed by atoms with Crippen molar-refractivity contribution in [2.75, 3.05) is 0 Å². The zero-order valence-electron chi connectivity index (χ0n) is 18.0. The van der Waals surface area contributed by atoms with Crippen molar-refractivity contribution in [3.63, 3.8) is 0 Å². The Bertz CT molecular complexity index is 389. The smallest absolute Gasteiger partial charge is 0.0573 e. The summed E-state index contributed by atoms with van der Waals surface area (Å²) in [6.45, 7) is 7.13. The number of aliphatic hydroxyl groups excluding tert-OH is 1. The summed E-state index contributed by atoms with van der Waals surface area (Å²) in [6, 6.07) is 0. The highest BCUT2D eigenvalue weighted by molar-refractivity contribution is 4.91. The van der Waals surface area contributed by atoms with Crippen molar-refractivity contribution in [1.82, 2.24) is 0 Å². The minimum absolute atomic E-state index is 0.0181. The van der Waals surface area contributed by atoms with Crippen molar-refractivity contribution in [2.45, 2.75) is 117 Å². The zero-order valence-corrected chi connectivity index (χ0v) is 18.0. The van der Waals surface area contributed by atoms with E-state index in [0.29, 0.717) is 5.92 Å². The van der Waals surface area contributed by atoms with Gasteiger partial charge in [-0.05, 0) is 73.5 Å². The largest absolute Gasteiger partial charge is 0.393 e. The lowest BCUT2D eigenvalue weighted by Crippen LogP contribution is -2.30. The third kappa shape index (κ3) is 5.49. The first kappa shape index (κ1) is 20.7. The summed E-state index contributed by atoms with van der Waals surface area (Å²) in [5.74, 6) is 5.88. The fraction of sp³-hybridized carbons (Fsp3) is 1.00. The highest BCUT2D eigenvalue weighted by Crippen LogP contribution is 2.48. The Morgan fingerprint density at radius 3 is 2.04 bits per heavy atom. The molecule has 26 heavy (non-hydrogen) atoms. The first-order valence-electron chi connectivity index (χ1n) is 12.2. The summed E-state index contributed by atoms with van der Waals surface area (Å²) in [5, 5.41) is 11.2. The molecule has 0 aromatic heterocycles. The molecule has 0 amide bonds. The number of aliphatic hydroxyl groups is 1. The molecular weight excluding hydrogens is 316 g/mol. The van der Waals surface area contributed by atoms with E-state index < -0.39 is 0 Å². The number of hydrogen-bond acceptors (Lipinski definition) is 1. The minimum atomic E-state index is -0.0181. The molecule has 1 heteroatoms. The van der Waals surface area contributed by atoms with Crippen molar-refractivity contribution in [2.24, 2.45) is 41.4 Å². The second-order valence-electron chi connectivity index (χ2n) is 10.8. The van der Waals surface area contributed by atoms with E-state index in [-0.39, 0.29) is 6.10 Å². The molecule has 0 aliphatic heterocycles. The topological polar surface area (TPSA) is 20.2 Å². The van der Waals surface area contributed by atoms with Crippen LogP contribution in [0.2, 0.25) is 0 Å². The molecule has 3 aliphatic rings. The van der Waals surface area contributed by atoms with Crippen LogP contribution in [0.25, 0.3) is 0 Å². The van der Waals surface area contributed by atoms with Crippen LogP contribution in [0, 0.1) is 41.4 Å². The van der Waals surface area contributed by atoms with Gasteiger partial charge in [-0.1, -0.05) is 78.6 Å². The quantitative estimate of drug-likeness (QED) is 0.483. The summed E-state index contributed by atoms with van der Waals surface area (Å²) in [7, 11) is 0. The van der Waals surface area contributed by atoms with Gasteiger partial charge in [-0.2, -0.15) is 0 Å². The maximum absolute atomic E-state index is 11.2. The van der Waals surface area contributed by atoms with Gasteiger partial charge in [0.1, 0.15) is 0 Å². The fourth-order valence-corrected chi connectivity index (χ4v) is 6.93. The van der Waals surface area contributed by atoms with Gasteiger partial charge in [0.05, 0.1) is 6.10 Å². The Kier molecular flexibility index (Phi) is 7.91. The molecule has 1 N–H and O–H groups in total. The van der Waals surface area contributed by atoms with E-state index in [1.54, 1.807) is 0 Å². The third-order valence-electron chi connectivity index (χ3n) is 8.49. The Hall–Kier alpha value is -0.0400. The maximum atomic E-state index is 11.2. The molecule has 0 bridgehead atoms. The van der Waals surface area contributed by atoms with E-state index in [1.165, 1.54) is 83.5 Å². The third-order valence-corrected chi connectivity index (χ3v) is 8.49. The second-order valence-corrected chi connectivity index (χ2v) is 10.8. The van der Waals surface area contributed by atoms with Gasteiger partial charge in [-0.3, -0.25) is 0 Å². The van der Waals surface area contributed by atoms with Crippen LogP contribution in [0.3, 0.4) is 0 Å². The highest BCUT2D eigenvalue weighted by Gasteiger charge is 2.41. The Balaban J connectivity index is 1.54.